The predicted octanol–water partition coefficient (Wildman–Crippen LogP) is -3.61. The van der Waals surface area contributed by atoms with Crippen molar-refractivity contribution in [1.82, 2.24) is 21.3 Å². The number of carbonyl (C=O) groups is 5. The highest BCUT2D eigenvalue weighted by Crippen LogP contribution is 2.22. The van der Waals surface area contributed by atoms with Crippen molar-refractivity contribution < 1.29 is 87.0 Å². The largest absolute Gasteiger partial charge is 0.492 e. The minimum Gasteiger partial charge on any atom is -0.492 e. The Balaban J connectivity index is 1.29. The van der Waals surface area contributed by atoms with Crippen molar-refractivity contribution in [3.63, 3.8) is 0 Å². The molecule has 336 valence electrons. The monoisotopic (exact) mass is 848 g/mol. The second-order valence-corrected chi connectivity index (χ2v) is 12.7. The lowest BCUT2D eigenvalue weighted by molar-refractivity contribution is -0.301. The molecule has 0 saturated carbocycles. The Kier molecular flexibility index (Phi) is 27.5. The van der Waals surface area contributed by atoms with Gasteiger partial charge in [0.05, 0.1) is 58.9 Å². The van der Waals surface area contributed by atoms with Crippen molar-refractivity contribution in [1.29, 1.82) is 0 Å². The molecule has 0 unspecified atom stereocenters. The van der Waals surface area contributed by atoms with Gasteiger partial charge in [-0.25, -0.2) is 4.79 Å². The second-order valence-electron chi connectivity index (χ2n) is 12.7. The van der Waals surface area contributed by atoms with E-state index in [4.69, 9.17) is 37.9 Å². The number of hydrogen-bond acceptors (Lipinski definition) is 18. The molecule has 0 aromatic heterocycles. The average molecular weight is 849 g/mol. The van der Waals surface area contributed by atoms with Gasteiger partial charge >= 0.3 is 5.97 Å². The van der Waals surface area contributed by atoms with Crippen LogP contribution in [0.15, 0.2) is 24.3 Å². The number of rotatable bonds is 33. The van der Waals surface area contributed by atoms with Crippen LogP contribution in [0, 0.1) is 0 Å². The molecule has 22 nitrogen and oxygen atoms in total. The number of nitrogens with one attached hydrogen (secondary N) is 4. The zero-order chi connectivity index (χ0) is 43.1. The minimum atomic E-state index is -1.54. The summed E-state index contributed by atoms with van der Waals surface area (Å²) in [7, 11) is 1.29. The quantitative estimate of drug-likeness (QED) is 0.0250. The van der Waals surface area contributed by atoms with Crippen LogP contribution in [0.25, 0.3) is 0 Å². The molecule has 1 aliphatic heterocycles. The molecule has 1 aliphatic rings. The number of methoxy groups -OCH3 is 1. The third-order valence-electron chi connectivity index (χ3n) is 7.97. The van der Waals surface area contributed by atoms with Crippen LogP contribution in [0.4, 0.5) is 0 Å². The first-order valence-electron chi connectivity index (χ1n) is 19.2. The van der Waals surface area contributed by atoms with E-state index in [0.717, 1.165) is 0 Å². The Labute approximate surface area is 342 Å². The van der Waals surface area contributed by atoms with Crippen LogP contribution in [-0.4, -0.2) is 200 Å². The summed E-state index contributed by atoms with van der Waals surface area (Å²) in [6.45, 7) is 1.92. The number of carbonyl (C=O) groups excluding carboxylic acids is 5. The summed E-state index contributed by atoms with van der Waals surface area (Å²) in [5, 5.41) is 49.2. The van der Waals surface area contributed by atoms with Gasteiger partial charge in [-0.1, -0.05) is 6.07 Å². The molecule has 1 saturated heterocycles. The molecule has 0 aliphatic carbocycles. The highest BCUT2D eigenvalue weighted by Gasteiger charge is 2.43. The molecule has 1 fully saturated rings. The Morgan fingerprint density at radius 2 is 1.10 bits per heavy atom. The summed E-state index contributed by atoms with van der Waals surface area (Å²) < 4.78 is 47.4. The SMILES string of the molecule is COC(=O)c1cccc(OCCNC(=O)COCC(=O)NCCCOCCOCCOCCCNC(=O)COCC(=O)NCCCO[C@H]2O[C@H](CO)[C@@H](O)[C@H](O)[C@@H]2O)c1. The van der Waals surface area contributed by atoms with Gasteiger partial charge in [0.2, 0.25) is 23.6 Å². The standard InChI is InChI=1S/C37H60N4O18/c1-51-36(50)26-6-2-7-27(20-26)57-15-11-41-32(46)25-56-23-30(44)39-9-4-13-53-17-19-54-18-16-52-12-3-8-38-29(43)22-55-24-31(45)40-10-5-14-58-37-35(49)34(48)33(47)28(21-42)59-37/h2,6-7,20,28,33-35,37,42,47-49H,3-5,8-19,21-25H2,1H3,(H,38,43)(H,39,44)(H,40,45)(H,41,46)/t28-,33-,34+,35+,37+/m1/s1. The lowest BCUT2D eigenvalue weighted by Gasteiger charge is -2.39. The van der Waals surface area contributed by atoms with Gasteiger partial charge in [-0.05, 0) is 37.5 Å². The predicted molar refractivity (Wildman–Crippen MR) is 203 cm³/mol. The Bertz CT molecular complexity index is 1360. The van der Waals surface area contributed by atoms with Gasteiger partial charge in [-0.3, -0.25) is 19.2 Å². The van der Waals surface area contributed by atoms with Crippen molar-refractivity contribution in [3.05, 3.63) is 29.8 Å². The van der Waals surface area contributed by atoms with Crippen molar-refractivity contribution in [2.24, 2.45) is 0 Å². The van der Waals surface area contributed by atoms with E-state index in [1.165, 1.54) is 13.2 Å². The van der Waals surface area contributed by atoms with Gasteiger partial charge < -0.3 is 84.3 Å². The highest BCUT2D eigenvalue weighted by molar-refractivity contribution is 5.89. The van der Waals surface area contributed by atoms with Gasteiger partial charge in [0.15, 0.2) is 6.29 Å². The summed E-state index contributed by atoms with van der Waals surface area (Å²) in [4.78, 5) is 59.2. The zero-order valence-electron chi connectivity index (χ0n) is 33.3. The molecule has 1 aromatic carbocycles. The van der Waals surface area contributed by atoms with Gasteiger partial charge in [-0.2, -0.15) is 0 Å². The molecule has 0 spiro atoms. The topological polar surface area (TPSA) is 297 Å². The van der Waals surface area contributed by atoms with Crippen LogP contribution in [0.3, 0.4) is 0 Å². The molecule has 4 amide bonds. The number of aliphatic hydroxyl groups is 4. The van der Waals surface area contributed by atoms with E-state index in [9.17, 15) is 44.4 Å². The molecular weight excluding hydrogens is 788 g/mol. The summed E-state index contributed by atoms with van der Waals surface area (Å²) in [6, 6.07) is 6.47. The molecular formula is C37H60N4O18. The van der Waals surface area contributed by atoms with Gasteiger partial charge in [0.25, 0.3) is 0 Å². The third-order valence-corrected chi connectivity index (χ3v) is 7.97. The number of amides is 4. The Morgan fingerprint density at radius 1 is 0.610 bits per heavy atom. The first-order chi connectivity index (χ1) is 28.5. The van der Waals surface area contributed by atoms with Crippen LogP contribution >= 0.6 is 0 Å². The summed E-state index contributed by atoms with van der Waals surface area (Å²) >= 11 is 0. The maximum atomic E-state index is 11.9. The fourth-order valence-electron chi connectivity index (χ4n) is 4.92. The molecule has 0 bridgehead atoms. The highest BCUT2D eigenvalue weighted by atomic mass is 16.7. The van der Waals surface area contributed by atoms with Crippen LogP contribution < -0.4 is 26.0 Å². The minimum absolute atomic E-state index is 0.0517. The molecule has 1 heterocycles. The van der Waals surface area contributed by atoms with Crippen molar-refractivity contribution in [2.75, 3.05) is 119 Å². The van der Waals surface area contributed by atoms with Gasteiger partial charge in [0, 0.05) is 32.8 Å². The fraction of sp³-hybridized carbons (Fsp3) is 0.703. The number of ether oxygens (including phenoxy) is 9. The molecule has 0 radical (unpaired) electrons. The van der Waals surface area contributed by atoms with E-state index >= 15 is 0 Å². The summed E-state index contributed by atoms with van der Waals surface area (Å²) in [5.74, 6) is -1.61. The number of esters is 1. The summed E-state index contributed by atoms with van der Waals surface area (Å²) in [6.07, 6.45) is -5.35. The van der Waals surface area contributed by atoms with E-state index in [-0.39, 0.29) is 64.5 Å². The van der Waals surface area contributed by atoms with Crippen LogP contribution in [0.1, 0.15) is 29.6 Å². The van der Waals surface area contributed by atoms with Gasteiger partial charge in [0.1, 0.15) is 63.2 Å². The Morgan fingerprint density at radius 3 is 1.61 bits per heavy atom. The van der Waals surface area contributed by atoms with E-state index in [1.807, 2.05) is 0 Å². The lowest BCUT2D eigenvalue weighted by atomic mass is 9.99. The number of aliphatic hydroxyl groups excluding tert-OH is 4. The average Bonchev–Trinajstić information content (AvgIpc) is 3.23. The summed E-state index contributed by atoms with van der Waals surface area (Å²) in [5.41, 5.74) is 0.352. The van der Waals surface area contributed by atoms with Crippen LogP contribution in [0.5, 0.6) is 5.75 Å². The van der Waals surface area contributed by atoms with Crippen LogP contribution in [-0.2, 0) is 57.1 Å². The fourth-order valence-corrected chi connectivity index (χ4v) is 4.92. The Hall–Kier alpha value is -4.07. The number of hydrogen-bond donors (Lipinski definition) is 8. The third kappa shape index (κ3) is 23.3. The molecule has 8 N–H and O–H groups in total. The van der Waals surface area contributed by atoms with Crippen molar-refractivity contribution >= 4 is 29.6 Å². The zero-order valence-corrected chi connectivity index (χ0v) is 33.3. The normalized spacial score (nSPS) is 18.8. The molecule has 59 heavy (non-hydrogen) atoms. The molecule has 22 heteroatoms. The van der Waals surface area contributed by atoms with E-state index in [2.05, 4.69) is 26.0 Å². The smallest absolute Gasteiger partial charge is 0.337 e. The molecule has 5 atom stereocenters. The first kappa shape index (κ1) is 51.1. The van der Waals surface area contributed by atoms with Crippen molar-refractivity contribution in [3.8, 4) is 5.75 Å². The van der Waals surface area contributed by atoms with Crippen LogP contribution in [0.2, 0.25) is 0 Å². The van der Waals surface area contributed by atoms with Crippen molar-refractivity contribution in [2.45, 2.75) is 50.0 Å². The second kappa shape index (κ2) is 31.8. The maximum absolute atomic E-state index is 11.9. The van der Waals surface area contributed by atoms with E-state index < -0.39 is 55.1 Å². The maximum Gasteiger partial charge on any atom is 0.337 e. The number of benzene rings is 1. The molecule has 1 aromatic rings. The van der Waals surface area contributed by atoms with Gasteiger partial charge in [-0.15, -0.1) is 0 Å². The molecule has 2 rings (SSSR count). The van der Waals surface area contributed by atoms with E-state index in [0.29, 0.717) is 83.3 Å². The lowest BCUT2D eigenvalue weighted by Crippen LogP contribution is -2.59. The first-order valence-corrected chi connectivity index (χ1v) is 19.2. The van der Waals surface area contributed by atoms with E-state index in [1.54, 1.807) is 18.2 Å².